The van der Waals surface area contributed by atoms with Gasteiger partial charge in [0.1, 0.15) is 35.6 Å². The van der Waals surface area contributed by atoms with Crippen LogP contribution in [-0.4, -0.2) is 46.7 Å². The molecule has 0 bridgehead atoms. The highest BCUT2D eigenvalue weighted by Gasteiger charge is 2.15. The molecule has 0 amide bonds. The zero-order chi connectivity index (χ0) is 21.3. The third-order valence-corrected chi connectivity index (χ3v) is 4.35. The van der Waals surface area contributed by atoms with Crippen LogP contribution in [-0.2, 0) is 6.42 Å². The lowest BCUT2D eigenvalue weighted by Gasteiger charge is -2.15. The number of nitriles is 1. The number of rotatable bonds is 6. The van der Waals surface area contributed by atoms with E-state index < -0.39 is 6.17 Å². The molecule has 0 aliphatic carbocycles. The Morgan fingerprint density at radius 3 is 2.73 bits per heavy atom. The molecule has 9 nitrogen and oxygen atoms in total. The molecule has 0 saturated heterocycles. The lowest BCUT2D eigenvalue weighted by molar-refractivity contribution is 0.357. The van der Waals surface area contributed by atoms with Crippen LogP contribution in [0.15, 0.2) is 37.1 Å². The Balaban J connectivity index is 1.77. The number of aromatic nitrogens is 7. The van der Waals surface area contributed by atoms with Gasteiger partial charge in [0.15, 0.2) is 5.65 Å². The average Bonchev–Trinajstić information content (AvgIpc) is 3.33. The molecule has 0 aromatic carbocycles. The molecule has 0 saturated carbocycles. The maximum atomic E-state index is 13.3. The van der Waals surface area contributed by atoms with Gasteiger partial charge in [-0.05, 0) is 26.8 Å². The van der Waals surface area contributed by atoms with Gasteiger partial charge < -0.3 is 5.32 Å². The molecule has 1 unspecified atom stereocenters. The van der Waals surface area contributed by atoms with Crippen molar-refractivity contribution in [3.8, 4) is 17.6 Å². The second-order valence-corrected chi connectivity index (χ2v) is 7.29. The molecule has 0 aliphatic rings. The topological polar surface area (TPSA) is 110 Å². The van der Waals surface area contributed by atoms with Crippen LogP contribution >= 0.6 is 0 Å². The fourth-order valence-electron chi connectivity index (χ4n) is 3.11. The summed E-state index contributed by atoms with van der Waals surface area (Å²) in [6.45, 7) is 5.54. The first-order chi connectivity index (χ1) is 14.4. The first-order valence-corrected chi connectivity index (χ1v) is 9.50. The van der Waals surface area contributed by atoms with Gasteiger partial charge in [-0.3, -0.25) is 4.57 Å². The molecule has 4 aromatic rings. The van der Waals surface area contributed by atoms with E-state index in [1.165, 1.54) is 13.1 Å². The number of hydrogen-bond donors (Lipinski definition) is 1. The molecule has 1 N–H and O–H groups in total. The van der Waals surface area contributed by atoms with Crippen molar-refractivity contribution >= 4 is 16.9 Å². The van der Waals surface area contributed by atoms with Crippen LogP contribution in [0, 0.1) is 11.3 Å². The third kappa shape index (κ3) is 3.82. The van der Waals surface area contributed by atoms with Crippen LogP contribution in [0.25, 0.3) is 22.7 Å². The summed E-state index contributed by atoms with van der Waals surface area (Å²) in [5.41, 5.74) is 3.71. The summed E-state index contributed by atoms with van der Waals surface area (Å²) in [7, 11) is 0. The van der Waals surface area contributed by atoms with E-state index in [-0.39, 0.29) is 12.5 Å². The van der Waals surface area contributed by atoms with Gasteiger partial charge in [0, 0.05) is 24.7 Å². The maximum absolute atomic E-state index is 13.3. The Morgan fingerprint density at radius 1 is 1.17 bits per heavy atom. The van der Waals surface area contributed by atoms with Crippen molar-refractivity contribution in [3.63, 3.8) is 0 Å². The SMILES string of the molecule is CC(F)Cc1cn(-c2cnc(-n3cnc4cc(C#N)cnc43)cc2NC(C)C)nn1. The zero-order valence-corrected chi connectivity index (χ0v) is 16.8. The Hall–Kier alpha value is -3.87. The molecule has 152 valence electrons. The fraction of sp³-hybridized carbons (Fsp3) is 0.300. The highest BCUT2D eigenvalue weighted by molar-refractivity contribution is 5.74. The third-order valence-electron chi connectivity index (χ3n) is 4.35. The predicted octanol–water partition coefficient (Wildman–Crippen LogP) is 2.99. The lowest BCUT2D eigenvalue weighted by atomic mass is 10.2. The number of nitrogens with one attached hydrogen (secondary N) is 1. The van der Waals surface area contributed by atoms with Gasteiger partial charge in [-0.15, -0.1) is 5.10 Å². The van der Waals surface area contributed by atoms with Crippen LogP contribution in [0.3, 0.4) is 0 Å². The number of fused-ring (bicyclic) bond motifs is 1. The van der Waals surface area contributed by atoms with Gasteiger partial charge in [-0.2, -0.15) is 5.26 Å². The van der Waals surface area contributed by atoms with Crippen molar-refractivity contribution in [1.82, 2.24) is 34.5 Å². The molecule has 0 aliphatic heterocycles. The highest BCUT2D eigenvalue weighted by Crippen LogP contribution is 2.24. The van der Waals surface area contributed by atoms with Crippen LogP contribution in [0.2, 0.25) is 0 Å². The van der Waals surface area contributed by atoms with Gasteiger partial charge in [0.2, 0.25) is 0 Å². The first-order valence-electron chi connectivity index (χ1n) is 9.50. The van der Waals surface area contributed by atoms with E-state index in [9.17, 15) is 4.39 Å². The standard InChI is InChI=1S/C20H20FN9/c1-12(2)26-16-6-19(29-11-25-17-5-14(7-22)8-24-20(17)29)23-9-18(16)30-10-15(27-28-30)4-13(3)21/h5-6,8-13H,4H2,1-3H3,(H,23,26). The van der Waals surface area contributed by atoms with Crippen molar-refractivity contribution in [2.75, 3.05) is 5.32 Å². The first kappa shape index (κ1) is 19.4. The number of pyridine rings is 2. The summed E-state index contributed by atoms with van der Waals surface area (Å²) in [4.78, 5) is 13.2. The molecule has 10 heteroatoms. The number of alkyl halides is 1. The molecule has 4 heterocycles. The Labute approximate surface area is 172 Å². The average molecular weight is 405 g/mol. The van der Waals surface area contributed by atoms with Crippen molar-refractivity contribution in [2.45, 2.75) is 39.4 Å². The van der Waals surface area contributed by atoms with Gasteiger partial charge in [-0.1, -0.05) is 5.21 Å². The van der Waals surface area contributed by atoms with Gasteiger partial charge in [-0.25, -0.2) is 24.0 Å². The number of halogens is 1. The van der Waals surface area contributed by atoms with Crippen LogP contribution < -0.4 is 5.32 Å². The molecule has 1 atom stereocenters. The molecule has 0 spiro atoms. The molecule has 4 aromatic heterocycles. The van der Waals surface area contributed by atoms with Crippen molar-refractivity contribution in [3.05, 3.63) is 48.3 Å². The fourth-order valence-corrected chi connectivity index (χ4v) is 3.11. The molecule has 4 rings (SSSR count). The number of imidazole rings is 1. The summed E-state index contributed by atoms with van der Waals surface area (Å²) in [5.74, 6) is 0.610. The number of nitrogens with zero attached hydrogens (tertiary/aromatic N) is 8. The maximum Gasteiger partial charge on any atom is 0.165 e. The highest BCUT2D eigenvalue weighted by atomic mass is 19.1. The molecular weight excluding hydrogens is 385 g/mol. The van der Waals surface area contributed by atoms with Crippen molar-refractivity contribution in [2.24, 2.45) is 0 Å². The van der Waals surface area contributed by atoms with Gasteiger partial charge in [0.25, 0.3) is 0 Å². The van der Waals surface area contributed by atoms with E-state index in [1.54, 1.807) is 34.0 Å². The minimum absolute atomic E-state index is 0.156. The summed E-state index contributed by atoms with van der Waals surface area (Å²) in [6.07, 6.45) is 5.71. The number of hydrogen-bond acceptors (Lipinski definition) is 7. The quantitative estimate of drug-likeness (QED) is 0.525. The van der Waals surface area contributed by atoms with Gasteiger partial charge in [0.05, 0.1) is 29.3 Å². The minimum Gasteiger partial charge on any atom is -0.381 e. The van der Waals surface area contributed by atoms with Crippen LogP contribution in [0.4, 0.5) is 10.1 Å². The molecule has 0 fully saturated rings. The van der Waals surface area contributed by atoms with Crippen molar-refractivity contribution in [1.29, 1.82) is 5.26 Å². The normalized spacial score (nSPS) is 12.3. The monoisotopic (exact) mass is 405 g/mol. The van der Waals surface area contributed by atoms with E-state index >= 15 is 0 Å². The summed E-state index contributed by atoms with van der Waals surface area (Å²) in [5, 5.41) is 20.6. The van der Waals surface area contributed by atoms with Crippen LogP contribution in [0.5, 0.6) is 0 Å². The van der Waals surface area contributed by atoms with Crippen LogP contribution in [0.1, 0.15) is 32.0 Å². The van der Waals surface area contributed by atoms with Crippen molar-refractivity contribution < 1.29 is 4.39 Å². The minimum atomic E-state index is -0.993. The molecule has 30 heavy (non-hydrogen) atoms. The lowest BCUT2D eigenvalue weighted by Crippen LogP contribution is -2.14. The number of anilines is 1. The predicted molar refractivity (Wildman–Crippen MR) is 109 cm³/mol. The molecule has 0 radical (unpaired) electrons. The van der Waals surface area contributed by atoms with E-state index in [4.69, 9.17) is 5.26 Å². The largest absolute Gasteiger partial charge is 0.381 e. The van der Waals surface area contributed by atoms with E-state index in [0.29, 0.717) is 33.9 Å². The summed E-state index contributed by atoms with van der Waals surface area (Å²) in [6, 6.07) is 5.77. The summed E-state index contributed by atoms with van der Waals surface area (Å²) < 4.78 is 16.6. The Morgan fingerprint density at radius 2 is 2.00 bits per heavy atom. The van der Waals surface area contributed by atoms with E-state index in [2.05, 4.69) is 36.7 Å². The van der Waals surface area contributed by atoms with E-state index in [0.717, 1.165) is 5.69 Å². The smallest absolute Gasteiger partial charge is 0.165 e. The second kappa shape index (κ2) is 7.87. The van der Waals surface area contributed by atoms with Gasteiger partial charge >= 0.3 is 0 Å². The summed E-state index contributed by atoms with van der Waals surface area (Å²) >= 11 is 0. The molecular formula is C20H20FN9. The second-order valence-electron chi connectivity index (χ2n) is 7.29. The van der Waals surface area contributed by atoms with E-state index in [1.807, 2.05) is 19.9 Å². The Kier molecular flexibility index (Phi) is 5.10. The zero-order valence-electron chi connectivity index (χ0n) is 16.8. The Bertz CT molecular complexity index is 1230.